The Labute approximate surface area is 398 Å². The van der Waals surface area contributed by atoms with Crippen molar-refractivity contribution in [1.82, 2.24) is 44.9 Å². The molecule has 2 aromatic carbocycles. The van der Waals surface area contributed by atoms with Gasteiger partial charge in [-0.1, -0.05) is 40.7 Å². The van der Waals surface area contributed by atoms with Gasteiger partial charge in [0.25, 0.3) is 0 Å². The lowest BCUT2D eigenvalue weighted by Crippen LogP contribution is -2.51. The van der Waals surface area contributed by atoms with Crippen LogP contribution in [0.2, 0.25) is 0 Å². The van der Waals surface area contributed by atoms with Crippen molar-refractivity contribution in [3.63, 3.8) is 0 Å². The van der Waals surface area contributed by atoms with Crippen LogP contribution in [-0.2, 0) is 25.5 Å². The Morgan fingerprint density at radius 3 is 1.91 bits per heavy atom. The lowest BCUT2D eigenvalue weighted by atomic mass is 9.98. The molecule has 2 saturated heterocycles. The van der Waals surface area contributed by atoms with Crippen LogP contribution >= 0.6 is 11.3 Å². The minimum atomic E-state index is -0.771. The number of aromatic nitrogens is 5. The van der Waals surface area contributed by atoms with Crippen LogP contribution in [0, 0.1) is 24.6 Å². The fourth-order valence-corrected chi connectivity index (χ4v) is 11.0. The van der Waals surface area contributed by atoms with Crippen molar-refractivity contribution in [2.45, 2.75) is 104 Å². The molecular formula is C50H58FN9O7S. The lowest BCUT2D eigenvalue weighted by molar-refractivity contribution is -0.136. The smallest absolute Gasteiger partial charge is 0.407 e. The molecule has 0 aliphatic carbocycles. The molecule has 18 heteroatoms. The molecule has 4 N–H and O–H groups in total. The molecule has 0 spiro atoms. The molecule has 5 atom stereocenters. The van der Waals surface area contributed by atoms with E-state index in [2.05, 4.69) is 63.3 Å². The number of H-pyrrole nitrogens is 2. The van der Waals surface area contributed by atoms with Gasteiger partial charge in [-0.25, -0.2) is 23.9 Å². The van der Waals surface area contributed by atoms with Gasteiger partial charge in [0.2, 0.25) is 18.0 Å². The molecule has 4 amide bonds. The number of hydrogen-bond donors (Lipinski definition) is 4. The first kappa shape index (κ1) is 46.4. The van der Waals surface area contributed by atoms with Crippen LogP contribution in [0.15, 0.2) is 54.9 Å². The normalized spacial score (nSPS) is 18.7. The summed E-state index contributed by atoms with van der Waals surface area (Å²) in [5.41, 5.74) is 5.77. The van der Waals surface area contributed by atoms with Gasteiger partial charge in [0.1, 0.15) is 35.3 Å². The molecule has 3 aliphatic rings. The summed E-state index contributed by atoms with van der Waals surface area (Å²) in [7, 11) is 2.55. The second-order valence-corrected chi connectivity index (χ2v) is 19.8. The van der Waals surface area contributed by atoms with E-state index < -0.39 is 36.3 Å². The number of benzene rings is 2. The third-order valence-corrected chi connectivity index (χ3v) is 14.6. The molecule has 0 bridgehead atoms. The van der Waals surface area contributed by atoms with Gasteiger partial charge in [0.15, 0.2) is 0 Å². The molecule has 2 unspecified atom stereocenters. The number of carbonyl (C=O) groups excluding carboxylic acids is 4. The highest BCUT2D eigenvalue weighted by molar-refractivity contribution is 7.12. The fraction of sp³-hybridized carbons (Fsp3) is 0.440. The summed E-state index contributed by atoms with van der Waals surface area (Å²) in [5, 5.41) is 6.36. The van der Waals surface area contributed by atoms with Crippen molar-refractivity contribution >= 4 is 46.2 Å². The SMILES string of the molecule is CCc1c2n(c3ccc(-c4cnc([C@@H]5CCCN5C(=O)[C@@H](NC(=O)OC)C(C)C)[nH]4)cc13)C(c1ccc(C)s1)Oc1cc(-c3cnc([C@@H]4CCCN4C(=O)C(NC(=O)OC)C(C)C)[nH]3)cc(F)c1-2. The molecular weight excluding hydrogens is 890 g/mol. The number of ether oxygens (including phenoxy) is 3. The Hall–Kier alpha value is -6.69. The zero-order valence-electron chi connectivity index (χ0n) is 39.6. The van der Waals surface area contributed by atoms with E-state index in [-0.39, 0.29) is 35.7 Å². The fourth-order valence-electron chi connectivity index (χ4n) is 10.1. The van der Waals surface area contributed by atoms with Crippen molar-refractivity contribution in [3.05, 3.63) is 87.6 Å². The largest absolute Gasteiger partial charge is 0.464 e. The molecule has 9 rings (SSSR count). The summed E-state index contributed by atoms with van der Waals surface area (Å²) < 4.78 is 35.7. The molecule has 358 valence electrons. The summed E-state index contributed by atoms with van der Waals surface area (Å²) in [4.78, 5) is 74.0. The number of hydrogen-bond acceptors (Lipinski definition) is 10. The molecule has 4 aromatic heterocycles. The predicted octanol–water partition coefficient (Wildman–Crippen LogP) is 9.19. The van der Waals surface area contributed by atoms with Crippen LogP contribution in [-0.4, -0.2) is 97.7 Å². The summed E-state index contributed by atoms with van der Waals surface area (Å²) in [6.45, 7) is 12.7. The van der Waals surface area contributed by atoms with Gasteiger partial charge in [-0.3, -0.25) is 14.2 Å². The topological polar surface area (TPSA) is 189 Å². The number of alkyl carbamates (subject to hydrolysis) is 2. The number of amides is 4. The summed E-state index contributed by atoms with van der Waals surface area (Å²) in [6.07, 6.45) is 5.11. The van der Waals surface area contributed by atoms with E-state index in [0.29, 0.717) is 60.2 Å². The predicted molar refractivity (Wildman–Crippen MR) is 255 cm³/mol. The van der Waals surface area contributed by atoms with Crippen molar-refractivity contribution in [2.75, 3.05) is 27.3 Å². The standard InChI is InChI=1S/C50H58FN9O7S/c1-9-30-31-20-28(33-23-52-44(54-33)36-12-10-18-58(36)46(61)41(25(2)3)56-49(63)65-7)15-16-35(31)60-43(30)40-32(51)21-29(22-38(40)67-48(60)39-17-14-27(6)68-39)34-24-53-45(55-34)37-13-11-19-59(37)47(62)42(26(4)5)57-50(64)66-8/h14-17,20-26,36-37,41-42,48H,9-13,18-19H2,1-8H3,(H,52,54)(H,53,55)(H,56,63)(H,57,64)/t36-,37-,41-,42?,48?/m0/s1. The number of imidazole rings is 2. The summed E-state index contributed by atoms with van der Waals surface area (Å²) in [5.74, 6) is 0.474. The highest BCUT2D eigenvalue weighted by Gasteiger charge is 2.40. The summed E-state index contributed by atoms with van der Waals surface area (Å²) in [6, 6.07) is 11.5. The molecule has 68 heavy (non-hydrogen) atoms. The van der Waals surface area contributed by atoms with Crippen LogP contribution < -0.4 is 15.4 Å². The van der Waals surface area contributed by atoms with Crippen LogP contribution in [0.25, 0.3) is 44.7 Å². The van der Waals surface area contributed by atoms with Gasteiger partial charge in [-0.15, -0.1) is 11.3 Å². The van der Waals surface area contributed by atoms with Gasteiger partial charge in [0.05, 0.1) is 71.7 Å². The Kier molecular flexibility index (Phi) is 12.8. The van der Waals surface area contributed by atoms with Crippen molar-refractivity contribution < 1.29 is 37.8 Å². The average Bonchev–Trinajstić information content (AvgIpc) is 4.19. The third-order valence-electron chi connectivity index (χ3n) is 13.5. The van der Waals surface area contributed by atoms with E-state index in [4.69, 9.17) is 24.2 Å². The first-order valence-electron chi connectivity index (χ1n) is 23.3. The number of rotatable bonds is 12. The number of aryl methyl sites for hydroxylation is 2. The number of halogens is 1. The van der Waals surface area contributed by atoms with E-state index in [0.717, 1.165) is 62.4 Å². The van der Waals surface area contributed by atoms with Crippen molar-refractivity contribution in [1.29, 1.82) is 0 Å². The second kappa shape index (κ2) is 18.8. The number of aromatic amines is 2. The van der Waals surface area contributed by atoms with Gasteiger partial charge in [-0.05, 0) is 92.8 Å². The molecule has 0 radical (unpaired) electrons. The van der Waals surface area contributed by atoms with E-state index in [1.165, 1.54) is 20.3 Å². The Morgan fingerprint density at radius 1 is 0.824 bits per heavy atom. The van der Waals surface area contributed by atoms with Gasteiger partial charge in [-0.2, -0.15) is 0 Å². The number of likely N-dealkylation sites (tertiary alicyclic amines) is 2. The molecule has 16 nitrogen and oxygen atoms in total. The highest BCUT2D eigenvalue weighted by atomic mass is 32.1. The van der Waals surface area contributed by atoms with Crippen LogP contribution in [0.5, 0.6) is 5.75 Å². The molecule has 0 saturated carbocycles. The van der Waals surface area contributed by atoms with Crippen molar-refractivity contribution in [2.24, 2.45) is 11.8 Å². The summed E-state index contributed by atoms with van der Waals surface area (Å²) >= 11 is 1.63. The maximum absolute atomic E-state index is 17.1. The number of carbonyl (C=O) groups is 4. The van der Waals surface area contributed by atoms with Crippen molar-refractivity contribution in [3.8, 4) is 39.5 Å². The minimum Gasteiger partial charge on any atom is -0.464 e. The van der Waals surface area contributed by atoms with E-state index in [1.54, 1.807) is 33.5 Å². The molecule has 3 aliphatic heterocycles. The van der Waals surface area contributed by atoms with E-state index >= 15 is 4.39 Å². The zero-order valence-corrected chi connectivity index (χ0v) is 40.4. The van der Waals surface area contributed by atoms with Gasteiger partial charge >= 0.3 is 12.2 Å². The van der Waals surface area contributed by atoms with Crippen LogP contribution in [0.4, 0.5) is 14.0 Å². The van der Waals surface area contributed by atoms with Gasteiger partial charge in [0, 0.05) is 34.5 Å². The maximum Gasteiger partial charge on any atom is 0.407 e. The first-order chi connectivity index (χ1) is 32.7. The Morgan fingerprint density at radius 2 is 1.40 bits per heavy atom. The minimum absolute atomic E-state index is 0.153. The molecule has 2 fully saturated rings. The molecule has 7 heterocycles. The number of nitrogens with one attached hydrogen (secondary N) is 4. The van der Waals surface area contributed by atoms with Gasteiger partial charge < -0.3 is 44.6 Å². The zero-order chi connectivity index (χ0) is 48.1. The number of fused-ring (bicyclic) bond motifs is 5. The quantitative estimate of drug-likeness (QED) is 0.0927. The monoisotopic (exact) mass is 947 g/mol. The Bertz CT molecular complexity index is 2900. The first-order valence-corrected chi connectivity index (χ1v) is 24.2. The maximum atomic E-state index is 17.1. The number of methoxy groups -OCH3 is 2. The highest BCUT2D eigenvalue weighted by Crippen LogP contribution is 2.50. The Balaban J connectivity index is 1.05. The molecule has 6 aromatic rings. The van der Waals surface area contributed by atoms with Crippen LogP contribution in [0.3, 0.4) is 0 Å². The number of nitrogens with zero attached hydrogens (tertiary/aromatic N) is 5. The number of thiophene rings is 1. The lowest BCUT2D eigenvalue weighted by Gasteiger charge is -2.30. The second-order valence-electron chi connectivity index (χ2n) is 18.5. The van der Waals surface area contributed by atoms with Crippen LogP contribution in [0.1, 0.15) is 106 Å². The third kappa shape index (κ3) is 8.36. The average molecular weight is 948 g/mol. The van der Waals surface area contributed by atoms with E-state index in [1.807, 2.05) is 39.8 Å². The van der Waals surface area contributed by atoms with E-state index in [9.17, 15) is 19.2 Å².